The number of hydrogen-bond acceptors (Lipinski definition) is 0. The predicted octanol–water partition coefficient (Wildman–Crippen LogP) is 1.95. The smallest absolute Gasteiger partial charge is 0 e. The van der Waals surface area contributed by atoms with Gasteiger partial charge in [0.15, 0.2) is 0 Å². The van der Waals surface area contributed by atoms with Gasteiger partial charge in [-0.25, -0.2) is 0 Å². The number of hydrogen-bond donors (Lipinski definition) is 0. The van der Waals surface area contributed by atoms with Gasteiger partial charge >= 0.3 is 0 Å². The van der Waals surface area contributed by atoms with Crippen molar-refractivity contribution in [3.63, 3.8) is 0 Å². The molecule has 0 bridgehead atoms. The Morgan fingerprint density at radius 2 is 1.67 bits per heavy atom. The van der Waals surface area contributed by atoms with Gasteiger partial charge < -0.3 is 0 Å². The van der Waals surface area contributed by atoms with E-state index in [9.17, 15) is 0 Å². The van der Waals surface area contributed by atoms with E-state index in [-0.39, 0.29) is 37.7 Å². The standard InChI is InChI=1S/C8H8.Ca/c1-2-8-6-4-3-5-7-8;/h2-7H,1H2;. The second-order valence-electron chi connectivity index (χ2n) is 1.61. The Morgan fingerprint density at radius 3 is 2.00 bits per heavy atom. The molecule has 0 fully saturated rings. The van der Waals surface area contributed by atoms with E-state index < -0.39 is 0 Å². The minimum atomic E-state index is 0. The van der Waals surface area contributed by atoms with Crippen LogP contribution < -0.4 is 0 Å². The fourth-order valence-electron chi connectivity index (χ4n) is 0.589. The number of rotatable bonds is 1. The molecule has 0 N–H and O–H groups in total. The summed E-state index contributed by atoms with van der Waals surface area (Å²) in [5.74, 6) is 0. The first-order valence-electron chi connectivity index (χ1n) is 2.61. The van der Waals surface area contributed by atoms with Crippen molar-refractivity contribution in [3.8, 4) is 0 Å². The van der Waals surface area contributed by atoms with Crippen LogP contribution in [0.15, 0.2) is 36.9 Å². The fraction of sp³-hybridized carbons (Fsp3) is 0. The van der Waals surface area contributed by atoms with Crippen LogP contribution in [0, 0.1) is 0 Å². The maximum absolute atomic E-state index is 3.63. The molecule has 1 rings (SSSR count). The Kier molecular flexibility index (Phi) is 5.16. The van der Waals surface area contributed by atoms with Crippen molar-refractivity contribution in [2.24, 2.45) is 0 Å². The topological polar surface area (TPSA) is 0 Å². The van der Waals surface area contributed by atoms with E-state index >= 15 is 0 Å². The van der Waals surface area contributed by atoms with Crippen LogP contribution in [0.2, 0.25) is 0 Å². The van der Waals surface area contributed by atoms with Crippen LogP contribution in [0.3, 0.4) is 0 Å². The van der Waals surface area contributed by atoms with Crippen molar-refractivity contribution in [1.29, 1.82) is 0 Å². The van der Waals surface area contributed by atoms with E-state index in [0.717, 1.165) is 0 Å². The number of benzene rings is 1. The summed E-state index contributed by atoms with van der Waals surface area (Å²) in [6, 6.07) is 10.0. The predicted molar refractivity (Wildman–Crippen MR) is 42.3 cm³/mol. The quantitative estimate of drug-likeness (QED) is 0.528. The van der Waals surface area contributed by atoms with Crippen LogP contribution in [0.25, 0.3) is 6.08 Å². The largest absolute Gasteiger partial charge is 0.0985 e. The third-order valence-corrected chi connectivity index (χ3v) is 1.04. The summed E-state index contributed by atoms with van der Waals surface area (Å²) in [5.41, 5.74) is 1.17. The molecule has 0 unspecified atom stereocenters. The summed E-state index contributed by atoms with van der Waals surface area (Å²) in [6.45, 7) is 3.63. The van der Waals surface area contributed by atoms with Crippen LogP contribution >= 0.6 is 0 Å². The maximum atomic E-state index is 3.63. The average Bonchev–Trinajstić information content (AvgIpc) is 1.90. The molecule has 42 valence electrons. The van der Waals surface area contributed by atoms with Gasteiger partial charge in [-0.3, -0.25) is 0 Å². The monoisotopic (exact) mass is 144 g/mol. The molecule has 2 radical (unpaired) electrons. The van der Waals surface area contributed by atoms with Crippen molar-refractivity contribution in [2.75, 3.05) is 0 Å². The van der Waals surface area contributed by atoms with E-state index in [1.165, 1.54) is 5.56 Å². The summed E-state index contributed by atoms with van der Waals surface area (Å²) < 4.78 is 0. The van der Waals surface area contributed by atoms with Gasteiger partial charge in [-0.05, 0) is 5.56 Å². The zero-order valence-electron chi connectivity index (χ0n) is 5.38. The van der Waals surface area contributed by atoms with Gasteiger partial charge in [-0.1, -0.05) is 43.0 Å². The summed E-state index contributed by atoms with van der Waals surface area (Å²) in [7, 11) is 0. The first-order chi connectivity index (χ1) is 3.93. The molecule has 1 aromatic rings. The van der Waals surface area contributed by atoms with Gasteiger partial charge in [0.25, 0.3) is 0 Å². The Bertz CT molecular complexity index is 167. The molecule has 1 aromatic carbocycles. The van der Waals surface area contributed by atoms with Gasteiger partial charge in [-0.2, -0.15) is 0 Å². The minimum absolute atomic E-state index is 0. The van der Waals surface area contributed by atoms with E-state index in [2.05, 4.69) is 6.58 Å². The van der Waals surface area contributed by atoms with Crippen molar-refractivity contribution in [3.05, 3.63) is 42.5 Å². The first-order valence-corrected chi connectivity index (χ1v) is 2.61. The molecule has 0 nitrogen and oxygen atoms in total. The molecule has 0 aliphatic heterocycles. The van der Waals surface area contributed by atoms with Crippen LogP contribution in [-0.2, 0) is 0 Å². The van der Waals surface area contributed by atoms with E-state index in [4.69, 9.17) is 0 Å². The van der Waals surface area contributed by atoms with Crippen molar-refractivity contribution < 1.29 is 0 Å². The van der Waals surface area contributed by atoms with Crippen molar-refractivity contribution in [1.82, 2.24) is 0 Å². The van der Waals surface area contributed by atoms with Gasteiger partial charge in [0.1, 0.15) is 0 Å². The molecule has 9 heavy (non-hydrogen) atoms. The Labute approximate surface area is 85.6 Å². The molecule has 0 aliphatic carbocycles. The molecule has 1 heteroatoms. The fourth-order valence-corrected chi connectivity index (χ4v) is 0.589. The molecule has 0 heterocycles. The summed E-state index contributed by atoms with van der Waals surface area (Å²) in [5, 5.41) is 0. The molecule has 0 saturated carbocycles. The Balaban J connectivity index is 0.000000640. The molecule has 0 spiro atoms. The molecular weight excluding hydrogens is 136 g/mol. The molecule has 0 amide bonds. The van der Waals surface area contributed by atoms with Gasteiger partial charge in [0, 0.05) is 37.7 Å². The Morgan fingerprint density at radius 1 is 1.11 bits per heavy atom. The minimum Gasteiger partial charge on any atom is -0.0985 e. The molecule has 0 aliphatic rings. The third-order valence-electron chi connectivity index (χ3n) is 1.04. The van der Waals surface area contributed by atoms with Gasteiger partial charge in [-0.15, -0.1) is 0 Å². The van der Waals surface area contributed by atoms with Gasteiger partial charge in [0.2, 0.25) is 0 Å². The van der Waals surface area contributed by atoms with Crippen LogP contribution in [0.1, 0.15) is 5.56 Å². The molecular formula is C8H8Ca. The summed E-state index contributed by atoms with van der Waals surface area (Å²) in [6.07, 6.45) is 1.83. The molecule has 0 saturated heterocycles. The van der Waals surface area contributed by atoms with Crippen LogP contribution in [-0.4, -0.2) is 37.7 Å². The summed E-state index contributed by atoms with van der Waals surface area (Å²) in [4.78, 5) is 0. The SMILES string of the molecule is C=Cc1ccccc1.[Ca]. The maximum Gasteiger partial charge on any atom is 0 e. The third kappa shape index (κ3) is 3.04. The zero-order valence-corrected chi connectivity index (χ0v) is 7.59. The molecule has 0 atom stereocenters. The van der Waals surface area contributed by atoms with Crippen molar-refractivity contribution >= 4 is 43.8 Å². The van der Waals surface area contributed by atoms with Crippen LogP contribution in [0.5, 0.6) is 0 Å². The van der Waals surface area contributed by atoms with Crippen LogP contribution in [0.4, 0.5) is 0 Å². The average molecular weight is 144 g/mol. The normalized spacial score (nSPS) is 7.56. The van der Waals surface area contributed by atoms with Crippen molar-refractivity contribution in [2.45, 2.75) is 0 Å². The second kappa shape index (κ2) is 5.04. The van der Waals surface area contributed by atoms with E-state index in [0.29, 0.717) is 0 Å². The zero-order chi connectivity index (χ0) is 5.82. The first kappa shape index (κ1) is 9.22. The second-order valence-corrected chi connectivity index (χ2v) is 1.61. The summed E-state index contributed by atoms with van der Waals surface area (Å²) >= 11 is 0. The van der Waals surface area contributed by atoms with E-state index in [1.807, 2.05) is 36.4 Å². The Hall–Kier alpha value is 0.220. The van der Waals surface area contributed by atoms with E-state index in [1.54, 1.807) is 0 Å². The van der Waals surface area contributed by atoms with Gasteiger partial charge in [0.05, 0.1) is 0 Å². The molecule has 0 aromatic heterocycles.